The van der Waals surface area contributed by atoms with Crippen LogP contribution in [0.4, 0.5) is 0 Å². The van der Waals surface area contributed by atoms with E-state index in [9.17, 15) is 19.5 Å². The number of ether oxygens (including phenoxy) is 2. The molecule has 0 unspecified atom stereocenters. The SMILES string of the molecule is O=C(O)CCCCCC(=O)NCc1ccccc1-c1ccc([C@@H]2O[C@H](CN3CCC(n4c(=O)[nH]c5ccccc54)CC3)C[C@H](c3ccc(CO)cc3)O2)cc1. The van der Waals surface area contributed by atoms with Gasteiger partial charge in [0, 0.05) is 57.0 Å². The molecule has 288 valence electrons. The summed E-state index contributed by atoms with van der Waals surface area (Å²) in [5, 5.41) is 21.5. The Labute approximate surface area is 320 Å². The highest BCUT2D eigenvalue weighted by atomic mass is 16.7. The van der Waals surface area contributed by atoms with Gasteiger partial charge in [0.2, 0.25) is 5.91 Å². The fourth-order valence-electron chi connectivity index (χ4n) is 7.91. The molecule has 2 saturated heterocycles. The second kappa shape index (κ2) is 18.0. The highest BCUT2D eigenvalue weighted by Crippen LogP contribution is 2.39. The molecule has 0 radical (unpaired) electrons. The number of aromatic nitrogens is 2. The summed E-state index contributed by atoms with van der Waals surface area (Å²) in [6.45, 7) is 2.85. The minimum absolute atomic E-state index is 0.0151. The summed E-state index contributed by atoms with van der Waals surface area (Å²) in [4.78, 5) is 41.6. The number of carbonyl (C=O) groups is 2. The van der Waals surface area contributed by atoms with Crippen LogP contribution in [0, 0.1) is 0 Å². The van der Waals surface area contributed by atoms with E-state index in [-0.39, 0.29) is 42.9 Å². The Morgan fingerprint density at radius 3 is 2.29 bits per heavy atom. The molecular formula is C44H50N4O7. The molecule has 11 heteroatoms. The van der Waals surface area contributed by atoms with Crippen LogP contribution in [0.5, 0.6) is 0 Å². The zero-order valence-electron chi connectivity index (χ0n) is 31.1. The van der Waals surface area contributed by atoms with Gasteiger partial charge in [-0.15, -0.1) is 0 Å². The average Bonchev–Trinajstić information content (AvgIpc) is 3.55. The number of unbranched alkanes of at least 4 members (excludes halogenated alkanes) is 2. The number of aliphatic carboxylic acids is 1. The summed E-state index contributed by atoms with van der Waals surface area (Å²) in [7, 11) is 0. The zero-order chi connectivity index (χ0) is 38.1. The van der Waals surface area contributed by atoms with Crippen molar-refractivity contribution in [3.8, 4) is 11.1 Å². The molecule has 0 aliphatic carbocycles. The molecule has 0 spiro atoms. The van der Waals surface area contributed by atoms with E-state index in [1.807, 2.05) is 83.4 Å². The number of H-pyrrole nitrogens is 1. The van der Waals surface area contributed by atoms with Crippen LogP contribution in [-0.4, -0.2) is 62.3 Å². The number of benzene rings is 4. The molecule has 4 aromatic carbocycles. The number of aliphatic hydroxyl groups is 1. The zero-order valence-corrected chi connectivity index (χ0v) is 31.1. The first-order chi connectivity index (χ1) is 26.8. The second-order valence-electron chi connectivity index (χ2n) is 14.7. The van der Waals surface area contributed by atoms with Gasteiger partial charge in [-0.25, -0.2) is 4.79 Å². The van der Waals surface area contributed by atoms with Gasteiger partial charge in [-0.3, -0.25) is 14.2 Å². The average molecular weight is 747 g/mol. The van der Waals surface area contributed by atoms with E-state index in [1.165, 1.54) is 0 Å². The standard InChI is InChI=1S/C44H50N4O7/c49-29-30-14-16-32(17-15-30)40-26-36(28-47-24-22-35(23-25-47)48-39-11-7-6-10-38(39)46-44(48)53)54-43(55-40)33-20-18-31(19-21-33)37-9-5-4-8-34(37)27-45-41(50)12-2-1-3-13-42(51)52/h4-11,14-21,35-36,40,43,49H,1-3,12-13,22-29H2,(H,45,50)(H,46,53)(H,51,52)/t36-,40+,43+/m0/s1. The fraction of sp³-hybridized carbons (Fsp3) is 0.386. The number of rotatable bonds is 15. The number of para-hydroxylation sites is 2. The molecule has 2 fully saturated rings. The van der Waals surface area contributed by atoms with Crippen LogP contribution in [0.2, 0.25) is 0 Å². The van der Waals surface area contributed by atoms with Crippen molar-refractivity contribution in [3.05, 3.63) is 130 Å². The number of carboxylic acid groups (broad SMARTS) is 1. The van der Waals surface area contributed by atoms with Gasteiger partial charge in [-0.2, -0.15) is 0 Å². The molecule has 7 rings (SSSR count). The topological polar surface area (TPSA) is 146 Å². The quantitative estimate of drug-likeness (QED) is 0.0837. The molecule has 11 nitrogen and oxygen atoms in total. The van der Waals surface area contributed by atoms with Crippen LogP contribution in [0.3, 0.4) is 0 Å². The molecule has 0 bridgehead atoms. The van der Waals surface area contributed by atoms with Crippen LogP contribution in [0.25, 0.3) is 22.2 Å². The Kier molecular flexibility index (Phi) is 12.5. The van der Waals surface area contributed by atoms with Crippen LogP contribution in [0.1, 0.15) is 92.1 Å². The Morgan fingerprint density at radius 2 is 1.53 bits per heavy atom. The molecule has 3 atom stereocenters. The molecule has 0 saturated carbocycles. The highest BCUT2D eigenvalue weighted by molar-refractivity contribution is 5.77. The van der Waals surface area contributed by atoms with Crippen molar-refractivity contribution in [3.63, 3.8) is 0 Å². The number of aliphatic hydroxyl groups excluding tert-OH is 1. The number of nitrogens with zero attached hydrogens (tertiary/aromatic N) is 2. The van der Waals surface area contributed by atoms with Crippen molar-refractivity contribution in [2.45, 2.75) is 89.1 Å². The number of fused-ring (bicyclic) bond motifs is 1. The number of aromatic amines is 1. The van der Waals surface area contributed by atoms with Crippen molar-refractivity contribution < 1.29 is 29.3 Å². The number of hydrogen-bond acceptors (Lipinski definition) is 7. The number of nitrogens with one attached hydrogen (secondary N) is 2. The van der Waals surface area contributed by atoms with Crippen LogP contribution in [-0.2, 0) is 32.2 Å². The molecule has 5 aromatic rings. The molecule has 1 amide bonds. The van der Waals surface area contributed by atoms with Crippen LogP contribution >= 0.6 is 0 Å². The number of imidazole rings is 1. The number of amides is 1. The molecule has 1 aromatic heterocycles. The number of carboxylic acids is 1. The fourth-order valence-corrected chi connectivity index (χ4v) is 7.91. The highest BCUT2D eigenvalue weighted by Gasteiger charge is 2.34. The maximum atomic E-state index is 12.9. The molecule has 3 heterocycles. The molecule has 2 aliphatic rings. The van der Waals surface area contributed by atoms with Gasteiger partial charge in [0.05, 0.1) is 29.8 Å². The first-order valence-corrected chi connectivity index (χ1v) is 19.4. The van der Waals surface area contributed by atoms with Gasteiger partial charge in [-0.1, -0.05) is 91.3 Å². The van der Waals surface area contributed by atoms with Gasteiger partial charge in [0.1, 0.15) is 0 Å². The summed E-state index contributed by atoms with van der Waals surface area (Å²) < 4.78 is 15.3. The summed E-state index contributed by atoms with van der Waals surface area (Å²) in [5.74, 6) is -0.853. The molecule has 4 N–H and O–H groups in total. The number of hydrogen-bond donors (Lipinski definition) is 4. The van der Waals surface area contributed by atoms with E-state index in [0.717, 1.165) is 76.9 Å². The number of piperidine rings is 1. The first kappa shape index (κ1) is 38.2. The minimum atomic E-state index is -0.808. The monoisotopic (exact) mass is 746 g/mol. The van der Waals surface area contributed by atoms with E-state index >= 15 is 0 Å². The van der Waals surface area contributed by atoms with E-state index in [2.05, 4.69) is 33.4 Å². The Hall–Kier alpha value is -5.07. The van der Waals surface area contributed by atoms with Gasteiger partial charge >= 0.3 is 11.7 Å². The van der Waals surface area contributed by atoms with Gasteiger partial charge in [0.25, 0.3) is 0 Å². The number of carbonyl (C=O) groups excluding carboxylic acids is 1. The van der Waals surface area contributed by atoms with E-state index in [1.54, 1.807) is 0 Å². The predicted molar refractivity (Wildman–Crippen MR) is 210 cm³/mol. The largest absolute Gasteiger partial charge is 0.481 e. The van der Waals surface area contributed by atoms with Crippen LogP contribution < -0.4 is 11.0 Å². The van der Waals surface area contributed by atoms with Gasteiger partial charge in [0.15, 0.2) is 6.29 Å². The van der Waals surface area contributed by atoms with E-state index < -0.39 is 12.3 Å². The van der Waals surface area contributed by atoms with Crippen LogP contribution in [0.15, 0.2) is 102 Å². The lowest BCUT2D eigenvalue weighted by Crippen LogP contribution is -2.43. The maximum absolute atomic E-state index is 12.9. The number of likely N-dealkylation sites (tertiary alicyclic amines) is 1. The minimum Gasteiger partial charge on any atom is -0.481 e. The van der Waals surface area contributed by atoms with Crippen molar-refractivity contribution in [1.29, 1.82) is 0 Å². The summed E-state index contributed by atoms with van der Waals surface area (Å²) in [6.07, 6.45) is 4.03. The predicted octanol–water partition coefficient (Wildman–Crippen LogP) is 7.02. The maximum Gasteiger partial charge on any atom is 0.326 e. The van der Waals surface area contributed by atoms with Crippen molar-refractivity contribution in [2.75, 3.05) is 19.6 Å². The van der Waals surface area contributed by atoms with Gasteiger partial charge in [-0.05, 0) is 65.6 Å². The van der Waals surface area contributed by atoms with Crippen molar-refractivity contribution in [2.24, 2.45) is 0 Å². The van der Waals surface area contributed by atoms with E-state index in [0.29, 0.717) is 38.6 Å². The van der Waals surface area contributed by atoms with Gasteiger partial charge < -0.3 is 34.9 Å². The summed E-state index contributed by atoms with van der Waals surface area (Å²) in [5.41, 5.74) is 7.63. The third kappa shape index (κ3) is 9.60. The lowest BCUT2D eigenvalue weighted by atomic mass is 9.97. The molecular weight excluding hydrogens is 697 g/mol. The Balaban J connectivity index is 1.01. The Morgan fingerprint density at radius 1 is 0.818 bits per heavy atom. The lowest BCUT2D eigenvalue weighted by Gasteiger charge is -2.40. The normalized spacial score (nSPS) is 19.4. The third-order valence-corrected chi connectivity index (χ3v) is 10.9. The lowest BCUT2D eigenvalue weighted by molar-refractivity contribution is -0.253. The molecule has 2 aliphatic heterocycles. The smallest absolute Gasteiger partial charge is 0.326 e. The molecule has 55 heavy (non-hydrogen) atoms. The second-order valence-corrected chi connectivity index (χ2v) is 14.7. The summed E-state index contributed by atoms with van der Waals surface area (Å²) >= 11 is 0. The van der Waals surface area contributed by atoms with Crippen molar-refractivity contribution in [1.82, 2.24) is 19.8 Å². The summed E-state index contributed by atoms with van der Waals surface area (Å²) in [6, 6.07) is 32.2. The Bertz CT molecular complexity index is 2100. The van der Waals surface area contributed by atoms with E-state index in [4.69, 9.17) is 14.6 Å². The first-order valence-electron chi connectivity index (χ1n) is 19.4. The van der Waals surface area contributed by atoms with Crippen molar-refractivity contribution >= 4 is 22.9 Å². The third-order valence-electron chi connectivity index (χ3n) is 10.9.